The third-order valence-electron chi connectivity index (χ3n) is 3.88. The van der Waals surface area contributed by atoms with Gasteiger partial charge in [-0.2, -0.15) is 9.90 Å². The summed E-state index contributed by atoms with van der Waals surface area (Å²) in [7, 11) is 1.71. The lowest BCUT2D eigenvalue weighted by atomic mass is 10.0. The van der Waals surface area contributed by atoms with Crippen LogP contribution in [0.3, 0.4) is 0 Å². The van der Waals surface area contributed by atoms with Gasteiger partial charge in [0.2, 0.25) is 0 Å². The minimum absolute atomic E-state index is 0.284. The Morgan fingerprint density at radius 1 is 1.08 bits per heavy atom. The number of halogens is 1. The molecule has 0 atom stereocenters. The number of aromatic nitrogens is 6. The molecule has 0 aliphatic carbocycles. The minimum atomic E-state index is -0.284. The monoisotopic (exact) mass is 322 g/mol. The van der Waals surface area contributed by atoms with Gasteiger partial charge in [0, 0.05) is 10.9 Å². The number of nitrogens with zero attached hydrogens (tertiary/aromatic N) is 6. The van der Waals surface area contributed by atoms with Crippen LogP contribution in [0.25, 0.3) is 22.2 Å². The molecular weight excluding hydrogens is 307 g/mol. The SMILES string of the molecule is Cc1ccc(F)c(-c2nn(Cc3nnn(C)n3)c3ccccc23)c1. The average molecular weight is 322 g/mol. The van der Waals surface area contributed by atoms with Crippen LogP contribution in [0.2, 0.25) is 0 Å². The molecule has 0 amide bonds. The zero-order valence-electron chi connectivity index (χ0n) is 13.3. The van der Waals surface area contributed by atoms with Gasteiger partial charge in [-0.25, -0.2) is 4.39 Å². The number of rotatable bonds is 3. The van der Waals surface area contributed by atoms with Crippen LogP contribution in [0.1, 0.15) is 11.4 Å². The predicted octanol–water partition coefficient (Wildman–Crippen LogP) is 2.72. The van der Waals surface area contributed by atoms with E-state index < -0.39 is 0 Å². The Bertz CT molecular complexity index is 1030. The Hall–Kier alpha value is -3.09. The molecule has 2 aromatic carbocycles. The number of hydrogen-bond acceptors (Lipinski definition) is 4. The Balaban J connectivity index is 1.89. The highest BCUT2D eigenvalue weighted by molar-refractivity contribution is 5.93. The quantitative estimate of drug-likeness (QED) is 0.582. The molecule has 0 aliphatic heterocycles. The highest BCUT2D eigenvalue weighted by Gasteiger charge is 2.16. The first-order valence-corrected chi connectivity index (χ1v) is 7.57. The van der Waals surface area contributed by atoms with Gasteiger partial charge in [-0.1, -0.05) is 29.8 Å². The second-order valence-electron chi connectivity index (χ2n) is 5.70. The molecule has 4 rings (SSSR count). The van der Waals surface area contributed by atoms with Gasteiger partial charge in [-0.15, -0.1) is 10.2 Å². The first-order valence-electron chi connectivity index (χ1n) is 7.57. The number of para-hydroxylation sites is 1. The Labute approximate surface area is 137 Å². The van der Waals surface area contributed by atoms with E-state index in [-0.39, 0.29) is 5.82 Å². The molecule has 24 heavy (non-hydrogen) atoms. The summed E-state index contributed by atoms with van der Waals surface area (Å²) in [6, 6.07) is 12.8. The predicted molar refractivity (Wildman–Crippen MR) is 87.8 cm³/mol. The summed E-state index contributed by atoms with van der Waals surface area (Å²) in [4.78, 5) is 1.40. The van der Waals surface area contributed by atoms with Gasteiger partial charge >= 0.3 is 0 Å². The molecule has 2 heterocycles. The molecule has 6 nitrogen and oxygen atoms in total. The lowest BCUT2D eigenvalue weighted by Gasteiger charge is -2.02. The summed E-state index contributed by atoms with van der Waals surface area (Å²) in [5.41, 5.74) is 3.01. The molecule has 120 valence electrons. The van der Waals surface area contributed by atoms with Crippen molar-refractivity contribution in [3.05, 3.63) is 59.7 Å². The first kappa shape index (κ1) is 14.5. The smallest absolute Gasteiger partial charge is 0.196 e. The van der Waals surface area contributed by atoms with E-state index in [1.165, 1.54) is 10.9 Å². The Morgan fingerprint density at radius 3 is 2.71 bits per heavy atom. The van der Waals surface area contributed by atoms with E-state index in [4.69, 9.17) is 0 Å². The topological polar surface area (TPSA) is 61.4 Å². The number of tetrazole rings is 1. The van der Waals surface area contributed by atoms with E-state index in [0.29, 0.717) is 23.6 Å². The van der Waals surface area contributed by atoms with E-state index in [0.717, 1.165) is 16.5 Å². The Morgan fingerprint density at radius 2 is 1.92 bits per heavy atom. The van der Waals surface area contributed by atoms with Crippen LogP contribution in [0.5, 0.6) is 0 Å². The van der Waals surface area contributed by atoms with Gasteiger partial charge in [-0.3, -0.25) is 4.68 Å². The highest BCUT2D eigenvalue weighted by Crippen LogP contribution is 2.30. The van der Waals surface area contributed by atoms with Gasteiger partial charge in [0.1, 0.15) is 18.1 Å². The van der Waals surface area contributed by atoms with Crippen LogP contribution in [0.15, 0.2) is 42.5 Å². The summed E-state index contributed by atoms with van der Waals surface area (Å²) >= 11 is 0. The van der Waals surface area contributed by atoms with Crippen molar-refractivity contribution < 1.29 is 4.39 Å². The molecule has 7 heteroatoms. The van der Waals surface area contributed by atoms with Crippen LogP contribution in [0, 0.1) is 12.7 Å². The largest absolute Gasteiger partial charge is 0.256 e. The van der Waals surface area contributed by atoms with Gasteiger partial charge in [0.25, 0.3) is 0 Å². The fourth-order valence-corrected chi connectivity index (χ4v) is 2.79. The van der Waals surface area contributed by atoms with Crippen molar-refractivity contribution in [3.63, 3.8) is 0 Å². The van der Waals surface area contributed by atoms with Gasteiger partial charge in [-0.05, 0) is 30.3 Å². The molecule has 2 aromatic heterocycles. The third kappa shape index (κ3) is 2.44. The van der Waals surface area contributed by atoms with Crippen molar-refractivity contribution in [3.8, 4) is 11.3 Å². The summed E-state index contributed by atoms with van der Waals surface area (Å²) in [5.74, 6) is 0.274. The number of hydrogen-bond donors (Lipinski definition) is 0. The first-order chi connectivity index (χ1) is 11.6. The third-order valence-corrected chi connectivity index (χ3v) is 3.88. The van der Waals surface area contributed by atoms with Crippen LogP contribution < -0.4 is 0 Å². The fraction of sp³-hybridized carbons (Fsp3) is 0.176. The summed E-state index contributed by atoms with van der Waals surface area (Å²) in [6.45, 7) is 2.31. The Kier molecular flexibility index (Phi) is 3.34. The number of fused-ring (bicyclic) bond motifs is 1. The van der Waals surface area contributed by atoms with E-state index in [1.54, 1.807) is 17.8 Å². The van der Waals surface area contributed by atoms with E-state index in [2.05, 4.69) is 20.5 Å². The average Bonchev–Trinajstić information content (AvgIpc) is 3.14. The molecule has 0 saturated heterocycles. The van der Waals surface area contributed by atoms with E-state index >= 15 is 0 Å². The van der Waals surface area contributed by atoms with Crippen LogP contribution in [-0.4, -0.2) is 30.0 Å². The van der Waals surface area contributed by atoms with Crippen molar-refractivity contribution in [2.75, 3.05) is 0 Å². The summed E-state index contributed by atoms with van der Waals surface area (Å²) in [5, 5.41) is 17.5. The highest BCUT2D eigenvalue weighted by atomic mass is 19.1. The minimum Gasteiger partial charge on any atom is -0.256 e. The maximum Gasteiger partial charge on any atom is 0.196 e. The molecule has 0 unspecified atom stereocenters. The maximum atomic E-state index is 14.3. The maximum absolute atomic E-state index is 14.3. The van der Waals surface area contributed by atoms with Gasteiger partial charge in [0.05, 0.1) is 12.6 Å². The number of aryl methyl sites for hydroxylation is 2. The lowest BCUT2D eigenvalue weighted by Crippen LogP contribution is -2.04. The summed E-state index contributed by atoms with van der Waals surface area (Å²) < 4.78 is 16.1. The second-order valence-corrected chi connectivity index (χ2v) is 5.70. The van der Waals surface area contributed by atoms with Crippen molar-refractivity contribution in [2.24, 2.45) is 7.05 Å². The van der Waals surface area contributed by atoms with Crippen molar-refractivity contribution in [1.29, 1.82) is 0 Å². The fourth-order valence-electron chi connectivity index (χ4n) is 2.79. The molecule has 0 spiro atoms. The molecule has 0 aliphatic rings. The zero-order valence-corrected chi connectivity index (χ0v) is 13.3. The molecule has 0 radical (unpaired) electrons. The standard InChI is InChI=1S/C17H15FN6/c1-11-7-8-14(18)13(9-11)17-12-5-3-4-6-15(12)24(21-17)10-16-19-22-23(2)20-16/h3-9H,10H2,1-2H3. The van der Waals surface area contributed by atoms with Crippen molar-refractivity contribution in [2.45, 2.75) is 13.5 Å². The van der Waals surface area contributed by atoms with Gasteiger partial charge in [0.15, 0.2) is 5.82 Å². The van der Waals surface area contributed by atoms with Crippen LogP contribution in [-0.2, 0) is 13.6 Å². The molecule has 0 fully saturated rings. The number of benzene rings is 2. The van der Waals surface area contributed by atoms with E-state index in [1.807, 2.05) is 37.3 Å². The molecule has 0 bridgehead atoms. The second kappa shape index (κ2) is 5.52. The normalized spacial score (nSPS) is 11.3. The van der Waals surface area contributed by atoms with Crippen molar-refractivity contribution in [1.82, 2.24) is 30.0 Å². The molecule has 0 saturated carbocycles. The van der Waals surface area contributed by atoms with Crippen molar-refractivity contribution >= 4 is 10.9 Å². The molecule has 0 N–H and O–H groups in total. The zero-order chi connectivity index (χ0) is 16.7. The van der Waals surface area contributed by atoms with E-state index in [9.17, 15) is 4.39 Å². The summed E-state index contributed by atoms with van der Waals surface area (Å²) in [6.07, 6.45) is 0. The van der Waals surface area contributed by atoms with Crippen LogP contribution in [0.4, 0.5) is 4.39 Å². The van der Waals surface area contributed by atoms with Crippen LogP contribution >= 0.6 is 0 Å². The lowest BCUT2D eigenvalue weighted by molar-refractivity contribution is 0.620. The molecule has 4 aromatic rings. The molecular formula is C17H15FN6. The van der Waals surface area contributed by atoms with Gasteiger partial charge < -0.3 is 0 Å².